The average Bonchev–Trinajstić information content (AvgIpc) is 2.42. The van der Waals surface area contributed by atoms with E-state index >= 15 is 0 Å². The number of anilines is 1. The Kier molecular flexibility index (Phi) is 4.54. The molecule has 1 aliphatic carbocycles. The van der Waals surface area contributed by atoms with Crippen LogP contribution in [0.3, 0.4) is 0 Å². The summed E-state index contributed by atoms with van der Waals surface area (Å²) in [5, 5.41) is 2.38. The summed E-state index contributed by atoms with van der Waals surface area (Å²) in [7, 11) is 0. The summed E-state index contributed by atoms with van der Waals surface area (Å²) >= 11 is 0. The van der Waals surface area contributed by atoms with Crippen LogP contribution in [0, 0.1) is 40.9 Å². The smallest absolute Gasteiger partial charge is 0.200 e. The largest absolute Gasteiger partial charge is 0.380 e. The van der Waals surface area contributed by atoms with Crippen LogP contribution >= 0.6 is 0 Å². The van der Waals surface area contributed by atoms with Crippen LogP contribution in [0.2, 0.25) is 0 Å². The van der Waals surface area contributed by atoms with Gasteiger partial charge in [0.25, 0.3) is 0 Å². The molecule has 0 spiro atoms. The van der Waals surface area contributed by atoms with E-state index in [4.69, 9.17) is 0 Å². The molecule has 1 aliphatic rings. The zero-order chi connectivity index (χ0) is 15.7. The van der Waals surface area contributed by atoms with Crippen molar-refractivity contribution in [1.29, 1.82) is 0 Å². The molecule has 21 heavy (non-hydrogen) atoms. The zero-order valence-corrected chi connectivity index (χ0v) is 11.7. The van der Waals surface area contributed by atoms with Gasteiger partial charge in [0, 0.05) is 6.54 Å². The highest BCUT2D eigenvalue weighted by Crippen LogP contribution is 2.30. The van der Waals surface area contributed by atoms with Gasteiger partial charge in [-0.2, -0.15) is 0 Å². The number of hydrogen-bond donors (Lipinski definition) is 1. The molecular formula is C15H16F5N. The van der Waals surface area contributed by atoms with Gasteiger partial charge >= 0.3 is 0 Å². The Morgan fingerprint density at radius 1 is 1.00 bits per heavy atom. The number of halogens is 5. The second-order valence-electron chi connectivity index (χ2n) is 5.62. The third-order valence-electron chi connectivity index (χ3n) is 3.66. The molecular weight excluding hydrogens is 289 g/mol. The molecule has 2 rings (SSSR count). The minimum atomic E-state index is -2.14. The minimum Gasteiger partial charge on any atom is -0.380 e. The van der Waals surface area contributed by atoms with Gasteiger partial charge in [-0.15, -0.1) is 0 Å². The maximum atomic E-state index is 13.5. The Morgan fingerprint density at radius 2 is 1.52 bits per heavy atom. The molecule has 0 saturated carbocycles. The molecule has 0 heterocycles. The lowest BCUT2D eigenvalue weighted by Gasteiger charge is -2.26. The highest BCUT2D eigenvalue weighted by Gasteiger charge is 2.26. The standard InChI is InChI=1S/C15H16F5N/c1-7-3-8(2)5-9(4-7)6-21-15-13(19)11(17)10(16)12(18)14(15)20/h3,7,9,21H,4-6H2,1-2H3. The molecule has 2 atom stereocenters. The van der Waals surface area contributed by atoms with E-state index in [9.17, 15) is 22.0 Å². The molecule has 0 aliphatic heterocycles. The van der Waals surface area contributed by atoms with E-state index in [1.165, 1.54) is 0 Å². The number of rotatable bonds is 3. The molecule has 0 aromatic heterocycles. The van der Waals surface area contributed by atoms with Crippen molar-refractivity contribution in [3.63, 3.8) is 0 Å². The van der Waals surface area contributed by atoms with E-state index in [0.29, 0.717) is 5.92 Å². The van der Waals surface area contributed by atoms with Crippen molar-refractivity contribution in [3.05, 3.63) is 40.7 Å². The summed E-state index contributed by atoms with van der Waals surface area (Å²) in [4.78, 5) is 0. The summed E-state index contributed by atoms with van der Waals surface area (Å²) in [5.74, 6) is -9.19. The van der Waals surface area contributed by atoms with Crippen molar-refractivity contribution in [3.8, 4) is 0 Å². The molecule has 116 valence electrons. The fourth-order valence-corrected chi connectivity index (χ4v) is 2.85. The Bertz CT molecular complexity index is 553. The van der Waals surface area contributed by atoms with E-state index in [-0.39, 0.29) is 12.5 Å². The first-order valence-corrected chi connectivity index (χ1v) is 6.73. The highest BCUT2D eigenvalue weighted by molar-refractivity contribution is 5.47. The number of nitrogens with one attached hydrogen (secondary N) is 1. The topological polar surface area (TPSA) is 12.0 Å². The summed E-state index contributed by atoms with van der Waals surface area (Å²) in [6.07, 6.45) is 3.67. The lowest BCUT2D eigenvalue weighted by Crippen LogP contribution is -2.22. The fourth-order valence-electron chi connectivity index (χ4n) is 2.85. The third-order valence-corrected chi connectivity index (χ3v) is 3.66. The van der Waals surface area contributed by atoms with Gasteiger partial charge in [0.1, 0.15) is 5.69 Å². The SMILES string of the molecule is CC1=CC(C)CC(CNc2c(F)c(F)c(F)c(F)c2F)C1. The van der Waals surface area contributed by atoms with Crippen LogP contribution in [0.4, 0.5) is 27.6 Å². The summed E-state index contributed by atoms with van der Waals surface area (Å²) in [6.45, 7) is 4.14. The lowest BCUT2D eigenvalue weighted by molar-refractivity contribution is 0.378. The van der Waals surface area contributed by atoms with E-state index in [1.54, 1.807) is 0 Å². The Hall–Kier alpha value is -1.59. The van der Waals surface area contributed by atoms with Gasteiger partial charge in [0.15, 0.2) is 23.3 Å². The first kappa shape index (κ1) is 15.8. The van der Waals surface area contributed by atoms with Crippen LogP contribution in [-0.4, -0.2) is 6.54 Å². The van der Waals surface area contributed by atoms with Crippen LogP contribution in [-0.2, 0) is 0 Å². The average molecular weight is 305 g/mol. The highest BCUT2D eigenvalue weighted by atomic mass is 19.2. The maximum Gasteiger partial charge on any atom is 0.200 e. The molecule has 0 bridgehead atoms. The second kappa shape index (κ2) is 6.03. The molecule has 0 fully saturated rings. The Labute approximate surface area is 119 Å². The van der Waals surface area contributed by atoms with Crippen LogP contribution in [0.1, 0.15) is 26.7 Å². The zero-order valence-electron chi connectivity index (χ0n) is 11.7. The van der Waals surface area contributed by atoms with Crippen LogP contribution in [0.25, 0.3) is 0 Å². The number of benzene rings is 1. The predicted octanol–water partition coefficient (Wildman–Crippen LogP) is 4.79. The van der Waals surface area contributed by atoms with Gasteiger partial charge in [-0.1, -0.05) is 18.6 Å². The number of hydrogen-bond acceptors (Lipinski definition) is 1. The quantitative estimate of drug-likeness (QED) is 0.366. The molecule has 0 saturated heterocycles. The van der Waals surface area contributed by atoms with Crippen molar-refractivity contribution in [2.45, 2.75) is 26.7 Å². The van der Waals surface area contributed by atoms with Crippen molar-refractivity contribution in [2.24, 2.45) is 11.8 Å². The van der Waals surface area contributed by atoms with E-state index < -0.39 is 34.8 Å². The van der Waals surface area contributed by atoms with E-state index in [2.05, 4.69) is 11.4 Å². The molecule has 2 unspecified atom stereocenters. The predicted molar refractivity (Wildman–Crippen MR) is 70.4 cm³/mol. The van der Waals surface area contributed by atoms with Gasteiger partial charge in [-0.3, -0.25) is 0 Å². The molecule has 0 amide bonds. The van der Waals surface area contributed by atoms with Crippen molar-refractivity contribution in [1.82, 2.24) is 0 Å². The number of allylic oxidation sites excluding steroid dienone is 2. The lowest BCUT2D eigenvalue weighted by atomic mass is 9.84. The Balaban J connectivity index is 2.16. The monoisotopic (exact) mass is 305 g/mol. The fraction of sp³-hybridized carbons (Fsp3) is 0.467. The van der Waals surface area contributed by atoms with Gasteiger partial charge in [-0.25, -0.2) is 22.0 Å². The minimum absolute atomic E-state index is 0.0972. The van der Waals surface area contributed by atoms with Crippen LogP contribution in [0.5, 0.6) is 0 Å². The molecule has 1 N–H and O–H groups in total. The van der Waals surface area contributed by atoms with Gasteiger partial charge < -0.3 is 5.32 Å². The first-order chi connectivity index (χ1) is 9.81. The van der Waals surface area contributed by atoms with Crippen LogP contribution in [0.15, 0.2) is 11.6 Å². The van der Waals surface area contributed by atoms with Gasteiger partial charge in [0.2, 0.25) is 5.82 Å². The summed E-state index contributed by atoms with van der Waals surface area (Å²) < 4.78 is 66.1. The maximum absolute atomic E-state index is 13.5. The van der Waals surface area contributed by atoms with Crippen molar-refractivity contribution >= 4 is 5.69 Å². The molecule has 0 radical (unpaired) electrons. The van der Waals surface area contributed by atoms with Gasteiger partial charge in [0.05, 0.1) is 0 Å². The molecule has 1 aromatic rings. The normalized spacial score (nSPS) is 22.1. The van der Waals surface area contributed by atoms with Crippen LogP contribution < -0.4 is 5.32 Å². The summed E-state index contributed by atoms with van der Waals surface area (Å²) in [5.41, 5.74) is 0.212. The summed E-state index contributed by atoms with van der Waals surface area (Å²) in [6, 6.07) is 0. The van der Waals surface area contributed by atoms with Crippen molar-refractivity contribution < 1.29 is 22.0 Å². The molecule has 6 heteroatoms. The Morgan fingerprint density at radius 3 is 2.05 bits per heavy atom. The second-order valence-corrected chi connectivity index (χ2v) is 5.62. The van der Waals surface area contributed by atoms with Gasteiger partial charge in [-0.05, 0) is 31.6 Å². The first-order valence-electron chi connectivity index (χ1n) is 6.73. The van der Waals surface area contributed by atoms with E-state index in [1.807, 2.05) is 13.8 Å². The third kappa shape index (κ3) is 3.19. The van der Waals surface area contributed by atoms with E-state index in [0.717, 1.165) is 18.4 Å². The molecule has 1 aromatic carbocycles. The molecule has 1 nitrogen and oxygen atoms in total. The van der Waals surface area contributed by atoms with Crippen molar-refractivity contribution in [2.75, 3.05) is 11.9 Å².